The largest absolute Gasteiger partial charge is 0.492 e. The smallest absolute Gasteiger partial charge is 0.231 e. The number of halogens is 2. The molecule has 3 aromatic rings. The number of aliphatic imine (C=N–C) groups is 1. The van der Waals surface area contributed by atoms with Gasteiger partial charge in [-0.3, -0.25) is 9.98 Å². The number of benzene rings is 2. The fraction of sp³-hybridized carbons (Fsp3) is 0.240. The van der Waals surface area contributed by atoms with Crippen molar-refractivity contribution < 1.29 is 5.11 Å². The number of fused-ring (bicyclic) bond motifs is 1. The molecule has 2 aromatic carbocycles. The monoisotopic (exact) mass is 498 g/mol. The first-order valence-corrected chi connectivity index (χ1v) is 12.1. The van der Waals surface area contributed by atoms with Crippen molar-refractivity contribution in [1.29, 1.82) is 0 Å². The van der Waals surface area contributed by atoms with Gasteiger partial charge in [0.25, 0.3) is 0 Å². The standard InChI is InChI=1S/C25H24Cl2N4OS/c1-25(2,3)10-12-29-20-9-11-28-19-8-7-15(13-16(19)20)14-21-23(32)31-24(33-21)30-22-17(26)5-4-6-18(22)27/h4-9,11,13-14,32H,10,12H2,1-3H3,(H,30,31)/b15-14+,29-20?. The summed E-state index contributed by atoms with van der Waals surface area (Å²) in [6.45, 7) is 7.39. The van der Waals surface area contributed by atoms with Gasteiger partial charge in [-0.1, -0.05) is 67.4 Å². The molecule has 0 atom stereocenters. The third-order valence-corrected chi connectivity index (χ3v) is 6.55. The van der Waals surface area contributed by atoms with E-state index in [0.29, 0.717) is 25.7 Å². The third-order valence-electron chi connectivity index (χ3n) is 5.01. The maximum atomic E-state index is 10.4. The zero-order valence-electron chi connectivity index (χ0n) is 18.6. The number of allylic oxidation sites excluding steroid dienone is 1. The van der Waals surface area contributed by atoms with E-state index < -0.39 is 0 Å². The molecule has 0 saturated carbocycles. The summed E-state index contributed by atoms with van der Waals surface area (Å²) in [6.07, 6.45) is 6.61. The van der Waals surface area contributed by atoms with Crippen LogP contribution >= 0.6 is 34.5 Å². The Balaban J connectivity index is 1.63. The summed E-state index contributed by atoms with van der Waals surface area (Å²) in [6, 6.07) is 11.2. The minimum atomic E-state index is -0.0629. The van der Waals surface area contributed by atoms with E-state index in [-0.39, 0.29) is 11.3 Å². The lowest BCUT2D eigenvalue weighted by Gasteiger charge is -2.16. The first-order valence-electron chi connectivity index (χ1n) is 10.5. The van der Waals surface area contributed by atoms with E-state index in [4.69, 9.17) is 28.2 Å². The van der Waals surface area contributed by atoms with Gasteiger partial charge in [-0.05, 0) is 53.5 Å². The van der Waals surface area contributed by atoms with Crippen LogP contribution in [0.1, 0.15) is 37.6 Å². The maximum Gasteiger partial charge on any atom is 0.231 e. The molecule has 1 aliphatic rings. The van der Waals surface area contributed by atoms with Crippen molar-refractivity contribution in [2.75, 3.05) is 11.9 Å². The Morgan fingerprint density at radius 1 is 1.15 bits per heavy atom. The number of nitrogens with zero attached hydrogens (tertiary/aromatic N) is 3. The van der Waals surface area contributed by atoms with Gasteiger partial charge in [0, 0.05) is 18.3 Å². The maximum absolute atomic E-state index is 10.4. The lowest BCUT2D eigenvalue weighted by molar-refractivity contribution is 0.385. The molecule has 0 fully saturated rings. The zero-order valence-corrected chi connectivity index (χ0v) is 20.9. The Morgan fingerprint density at radius 2 is 1.91 bits per heavy atom. The third kappa shape index (κ3) is 5.82. The molecule has 0 amide bonds. The molecule has 4 rings (SSSR count). The van der Waals surface area contributed by atoms with Crippen LogP contribution in [0.3, 0.4) is 0 Å². The number of rotatable bonds is 5. The minimum Gasteiger partial charge on any atom is -0.492 e. The van der Waals surface area contributed by atoms with Crippen LogP contribution in [-0.4, -0.2) is 22.3 Å². The highest BCUT2D eigenvalue weighted by Gasteiger charge is 2.13. The van der Waals surface area contributed by atoms with Crippen molar-refractivity contribution in [3.63, 3.8) is 0 Å². The van der Waals surface area contributed by atoms with E-state index in [1.165, 1.54) is 11.3 Å². The predicted molar refractivity (Wildman–Crippen MR) is 139 cm³/mol. The number of aromatic nitrogens is 1. The zero-order chi connectivity index (χ0) is 23.6. The van der Waals surface area contributed by atoms with Crippen LogP contribution < -0.4 is 15.9 Å². The summed E-state index contributed by atoms with van der Waals surface area (Å²) in [5.41, 5.74) is 2.68. The second kappa shape index (κ2) is 9.67. The summed E-state index contributed by atoms with van der Waals surface area (Å²) >= 11 is 13.8. The van der Waals surface area contributed by atoms with Crippen molar-refractivity contribution in [3.05, 3.63) is 79.7 Å². The van der Waals surface area contributed by atoms with Crippen molar-refractivity contribution in [3.8, 4) is 5.88 Å². The fourth-order valence-corrected chi connectivity index (χ4v) is 4.55. The summed E-state index contributed by atoms with van der Waals surface area (Å²) in [5.74, 6) is -0.0629. The van der Waals surface area contributed by atoms with Crippen LogP contribution in [0.25, 0.3) is 6.08 Å². The van der Waals surface area contributed by atoms with E-state index in [2.05, 4.69) is 36.1 Å². The molecule has 0 unspecified atom stereocenters. The molecule has 1 aliphatic heterocycles. The van der Waals surface area contributed by atoms with Gasteiger partial charge in [0.05, 0.1) is 31.7 Å². The summed E-state index contributed by atoms with van der Waals surface area (Å²) in [4.78, 5) is 14.1. The van der Waals surface area contributed by atoms with E-state index >= 15 is 0 Å². The van der Waals surface area contributed by atoms with Crippen molar-refractivity contribution >= 4 is 57.1 Å². The van der Waals surface area contributed by atoms with Crippen molar-refractivity contribution in [1.82, 2.24) is 4.98 Å². The fourth-order valence-electron chi connectivity index (χ4n) is 3.24. The van der Waals surface area contributed by atoms with Gasteiger partial charge in [0.15, 0.2) is 5.13 Å². The van der Waals surface area contributed by atoms with Crippen LogP contribution in [-0.2, 0) is 0 Å². The molecule has 0 radical (unpaired) electrons. The number of hydrogen-bond acceptors (Lipinski definition) is 6. The van der Waals surface area contributed by atoms with Gasteiger partial charge in [-0.25, -0.2) is 0 Å². The van der Waals surface area contributed by atoms with E-state index in [0.717, 1.165) is 34.8 Å². The molecule has 8 heteroatoms. The van der Waals surface area contributed by atoms with Crippen LogP contribution in [0.4, 0.5) is 10.8 Å². The average molecular weight is 499 g/mol. The number of nitrogens with one attached hydrogen (secondary N) is 1. The normalized spacial score (nSPS) is 14.9. The summed E-state index contributed by atoms with van der Waals surface area (Å²) in [5, 5.41) is 16.8. The SMILES string of the molecule is CC(C)(C)CCN=C1C=CN=c2cc/c(=C\c3sc(Nc4c(Cl)cccc4Cl)nc3O)cc21. The molecule has 2 heterocycles. The molecule has 0 bridgehead atoms. The van der Waals surface area contributed by atoms with Gasteiger partial charge < -0.3 is 10.4 Å². The number of hydrogen-bond donors (Lipinski definition) is 2. The molecule has 0 aliphatic carbocycles. The quantitative estimate of drug-likeness (QED) is 0.446. The number of para-hydroxylation sites is 1. The van der Waals surface area contributed by atoms with Gasteiger partial charge >= 0.3 is 0 Å². The van der Waals surface area contributed by atoms with E-state index in [1.54, 1.807) is 24.4 Å². The van der Waals surface area contributed by atoms with Crippen LogP contribution in [0.5, 0.6) is 5.88 Å². The number of thiazole rings is 1. The minimum absolute atomic E-state index is 0.0629. The van der Waals surface area contributed by atoms with Gasteiger partial charge in [0.2, 0.25) is 5.88 Å². The highest BCUT2D eigenvalue weighted by Crippen LogP contribution is 2.36. The highest BCUT2D eigenvalue weighted by molar-refractivity contribution is 7.16. The van der Waals surface area contributed by atoms with Crippen molar-refractivity contribution in [2.24, 2.45) is 15.4 Å². The molecule has 0 saturated heterocycles. The Kier molecular flexibility index (Phi) is 6.88. The molecule has 1 aromatic heterocycles. The summed E-state index contributed by atoms with van der Waals surface area (Å²) in [7, 11) is 0. The van der Waals surface area contributed by atoms with Crippen molar-refractivity contribution in [2.45, 2.75) is 27.2 Å². The first kappa shape index (κ1) is 23.5. The lowest BCUT2D eigenvalue weighted by atomic mass is 9.92. The molecule has 0 spiro atoms. The summed E-state index contributed by atoms with van der Waals surface area (Å²) < 4.78 is 0. The lowest BCUT2D eigenvalue weighted by Crippen LogP contribution is -2.21. The van der Waals surface area contributed by atoms with Crippen LogP contribution in [0.2, 0.25) is 10.0 Å². The number of aromatic hydroxyl groups is 1. The van der Waals surface area contributed by atoms with Gasteiger partial charge in [0.1, 0.15) is 0 Å². The molecular weight excluding hydrogens is 475 g/mol. The molecule has 170 valence electrons. The topological polar surface area (TPSA) is 69.9 Å². The van der Waals surface area contributed by atoms with E-state index in [1.807, 2.05) is 30.4 Å². The predicted octanol–water partition coefficient (Wildman–Crippen LogP) is 6.10. The second-order valence-electron chi connectivity index (χ2n) is 8.87. The Hall–Kier alpha value is -2.67. The first-order chi connectivity index (χ1) is 15.7. The highest BCUT2D eigenvalue weighted by atomic mass is 35.5. The second-order valence-corrected chi connectivity index (χ2v) is 10.7. The van der Waals surface area contributed by atoms with Crippen LogP contribution in [0.15, 0.2) is 58.7 Å². The Labute approximate surface area is 206 Å². The Morgan fingerprint density at radius 3 is 2.64 bits per heavy atom. The van der Waals surface area contributed by atoms with Crippen LogP contribution in [0, 0.1) is 5.41 Å². The molecule has 5 nitrogen and oxygen atoms in total. The average Bonchev–Trinajstić information content (AvgIpc) is 3.09. The molecule has 2 N–H and O–H groups in total. The number of anilines is 2. The van der Waals surface area contributed by atoms with Gasteiger partial charge in [-0.15, -0.1) is 0 Å². The Bertz CT molecular complexity index is 1350. The van der Waals surface area contributed by atoms with E-state index in [9.17, 15) is 5.11 Å². The van der Waals surface area contributed by atoms with Gasteiger partial charge in [-0.2, -0.15) is 4.98 Å². The molecule has 33 heavy (non-hydrogen) atoms. The molecular formula is C25H24Cl2N4OS.